The van der Waals surface area contributed by atoms with E-state index in [0.717, 1.165) is 0 Å². The summed E-state index contributed by atoms with van der Waals surface area (Å²) in [4.78, 5) is 23.4. The fourth-order valence-corrected chi connectivity index (χ4v) is 1.50. The van der Waals surface area contributed by atoms with Crippen LogP contribution in [-0.4, -0.2) is 46.0 Å². The number of carbonyl (C=O) groups excluding carboxylic acids is 2. The molecule has 6 nitrogen and oxygen atoms in total. The zero-order chi connectivity index (χ0) is 16.1. The Morgan fingerprint density at radius 3 is 2.48 bits per heavy atom. The van der Waals surface area contributed by atoms with Crippen molar-refractivity contribution < 1.29 is 28.5 Å². The van der Waals surface area contributed by atoms with Crippen LogP contribution in [0, 0.1) is 5.92 Å². The van der Waals surface area contributed by atoms with Gasteiger partial charge in [0, 0.05) is 20.0 Å². The van der Waals surface area contributed by atoms with Gasteiger partial charge in [0.05, 0.1) is 26.1 Å². The molecule has 0 aliphatic carbocycles. The highest BCUT2D eigenvalue weighted by Crippen LogP contribution is 2.14. The van der Waals surface area contributed by atoms with Crippen molar-refractivity contribution in [3.63, 3.8) is 0 Å². The van der Waals surface area contributed by atoms with Crippen LogP contribution < -0.4 is 0 Å². The van der Waals surface area contributed by atoms with Crippen molar-refractivity contribution in [2.24, 2.45) is 5.92 Å². The van der Waals surface area contributed by atoms with Crippen molar-refractivity contribution in [3.05, 3.63) is 25.0 Å². The molecule has 0 aromatic rings. The standard InChI is InChI=1S/C15H24O6/c1-5-6-13(15(17)19-4)14(16)8-7-12(2)21-11-20-10-9-18-3/h5,13H,1-2,6-11H2,3-4H3. The summed E-state index contributed by atoms with van der Waals surface area (Å²) in [6, 6.07) is 0. The lowest BCUT2D eigenvalue weighted by atomic mass is 9.96. The number of ketones is 1. The van der Waals surface area contributed by atoms with Crippen molar-refractivity contribution >= 4 is 11.8 Å². The first-order chi connectivity index (χ1) is 10.1. The zero-order valence-electron chi connectivity index (χ0n) is 12.8. The van der Waals surface area contributed by atoms with Gasteiger partial charge in [-0.1, -0.05) is 12.7 Å². The number of esters is 1. The van der Waals surface area contributed by atoms with Gasteiger partial charge < -0.3 is 18.9 Å². The van der Waals surface area contributed by atoms with Crippen LogP contribution in [0.4, 0.5) is 0 Å². The third-order valence-electron chi connectivity index (χ3n) is 2.71. The molecule has 0 fully saturated rings. The highest BCUT2D eigenvalue weighted by Gasteiger charge is 2.25. The van der Waals surface area contributed by atoms with Gasteiger partial charge in [0.2, 0.25) is 0 Å². The first-order valence-electron chi connectivity index (χ1n) is 6.65. The van der Waals surface area contributed by atoms with Gasteiger partial charge in [-0.15, -0.1) is 6.58 Å². The van der Waals surface area contributed by atoms with Gasteiger partial charge in [-0.3, -0.25) is 9.59 Å². The van der Waals surface area contributed by atoms with Crippen LogP contribution in [-0.2, 0) is 28.5 Å². The van der Waals surface area contributed by atoms with Crippen LogP contribution in [0.15, 0.2) is 25.0 Å². The highest BCUT2D eigenvalue weighted by atomic mass is 16.7. The number of Topliss-reactive ketones (excluding diaryl/α,β-unsaturated/α-hetero) is 1. The van der Waals surface area contributed by atoms with Gasteiger partial charge in [-0.2, -0.15) is 0 Å². The van der Waals surface area contributed by atoms with E-state index in [1.807, 2.05) is 0 Å². The van der Waals surface area contributed by atoms with Gasteiger partial charge in [0.15, 0.2) is 6.79 Å². The lowest BCUT2D eigenvalue weighted by Gasteiger charge is -2.13. The third kappa shape index (κ3) is 8.99. The number of ether oxygens (including phenoxy) is 4. The van der Waals surface area contributed by atoms with E-state index in [1.54, 1.807) is 7.11 Å². The minimum absolute atomic E-state index is 0.0590. The predicted octanol–water partition coefficient (Wildman–Crippen LogP) is 1.85. The Morgan fingerprint density at radius 1 is 1.19 bits per heavy atom. The van der Waals surface area contributed by atoms with Gasteiger partial charge >= 0.3 is 5.97 Å². The molecule has 1 atom stereocenters. The van der Waals surface area contributed by atoms with Gasteiger partial charge in [0.25, 0.3) is 0 Å². The summed E-state index contributed by atoms with van der Waals surface area (Å²) in [5.41, 5.74) is 0. The largest absolute Gasteiger partial charge is 0.473 e. The summed E-state index contributed by atoms with van der Waals surface area (Å²) in [7, 11) is 2.83. The molecule has 1 unspecified atom stereocenters. The second-order valence-corrected chi connectivity index (χ2v) is 4.27. The van der Waals surface area contributed by atoms with Crippen LogP contribution >= 0.6 is 0 Å². The second kappa shape index (κ2) is 12.1. The van der Waals surface area contributed by atoms with E-state index in [1.165, 1.54) is 13.2 Å². The molecule has 0 saturated heterocycles. The van der Waals surface area contributed by atoms with E-state index < -0.39 is 11.9 Å². The Kier molecular flexibility index (Phi) is 11.2. The molecule has 0 heterocycles. The first kappa shape index (κ1) is 19.3. The lowest BCUT2D eigenvalue weighted by molar-refractivity contribution is -0.149. The summed E-state index contributed by atoms with van der Waals surface area (Å²) in [5.74, 6) is -1.14. The summed E-state index contributed by atoms with van der Waals surface area (Å²) in [6.45, 7) is 8.19. The van der Waals surface area contributed by atoms with Crippen LogP contribution in [0.2, 0.25) is 0 Å². The van der Waals surface area contributed by atoms with E-state index in [4.69, 9.17) is 14.2 Å². The predicted molar refractivity (Wildman–Crippen MR) is 77.5 cm³/mol. The van der Waals surface area contributed by atoms with Gasteiger partial charge in [0.1, 0.15) is 11.7 Å². The average molecular weight is 300 g/mol. The molecule has 0 aliphatic heterocycles. The van der Waals surface area contributed by atoms with Crippen molar-refractivity contribution in [2.75, 3.05) is 34.2 Å². The molecule has 0 amide bonds. The molecule has 0 rings (SSSR count). The molecule has 0 aromatic carbocycles. The zero-order valence-corrected chi connectivity index (χ0v) is 12.8. The van der Waals surface area contributed by atoms with Gasteiger partial charge in [-0.25, -0.2) is 0 Å². The van der Waals surface area contributed by atoms with E-state index in [9.17, 15) is 9.59 Å². The quantitative estimate of drug-likeness (QED) is 0.129. The van der Waals surface area contributed by atoms with E-state index >= 15 is 0 Å². The number of hydrogen-bond donors (Lipinski definition) is 0. The summed E-state index contributed by atoms with van der Waals surface area (Å²) >= 11 is 0. The minimum Gasteiger partial charge on any atom is -0.473 e. The summed E-state index contributed by atoms with van der Waals surface area (Å²) in [6.07, 6.45) is 2.27. The Morgan fingerprint density at radius 2 is 1.90 bits per heavy atom. The molecule has 0 bridgehead atoms. The van der Waals surface area contributed by atoms with Crippen LogP contribution in [0.25, 0.3) is 0 Å². The maximum atomic E-state index is 12.0. The van der Waals surface area contributed by atoms with Crippen LogP contribution in [0.3, 0.4) is 0 Å². The monoisotopic (exact) mass is 300 g/mol. The van der Waals surface area contributed by atoms with Crippen molar-refractivity contribution in [3.8, 4) is 0 Å². The minimum atomic E-state index is -0.807. The van der Waals surface area contributed by atoms with Crippen molar-refractivity contribution in [1.82, 2.24) is 0 Å². The Hall–Kier alpha value is -1.66. The van der Waals surface area contributed by atoms with E-state index in [-0.39, 0.29) is 25.4 Å². The number of allylic oxidation sites excluding steroid dienone is 2. The molecule has 0 aliphatic rings. The molecule has 0 aromatic heterocycles. The Labute approximate surface area is 125 Å². The molecule has 0 radical (unpaired) electrons. The molecule has 0 N–H and O–H groups in total. The Balaban J connectivity index is 4.00. The Bertz CT molecular complexity index is 350. The number of methoxy groups -OCH3 is 2. The van der Waals surface area contributed by atoms with Crippen molar-refractivity contribution in [1.29, 1.82) is 0 Å². The first-order valence-corrected chi connectivity index (χ1v) is 6.65. The fourth-order valence-electron chi connectivity index (χ4n) is 1.50. The molecule has 21 heavy (non-hydrogen) atoms. The number of hydrogen-bond acceptors (Lipinski definition) is 6. The maximum absolute atomic E-state index is 12.0. The molecule has 120 valence electrons. The fraction of sp³-hybridized carbons (Fsp3) is 0.600. The third-order valence-corrected chi connectivity index (χ3v) is 2.71. The highest BCUT2D eigenvalue weighted by molar-refractivity contribution is 5.99. The molecular weight excluding hydrogens is 276 g/mol. The van der Waals surface area contributed by atoms with Crippen molar-refractivity contribution in [2.45, 2.75) is 19.3 Å². The number of rotatable bonds is 13. The summed E-state index contributed by atoms with van der Waals surface area (Å²) in [5, 5.41) is 0. The van der Waals surface area contributed by atoms with Crippen LogP contribution in [0.5, 0.6) is 0 Å². The smallest absolute Gasteiger partial charge is 0.316 e. The normalized spacial score (nSPS) is 11.5. The number of carbonyl (C=O) groups is 2. The van der Waals surface area contributed by atoms with E-state index in [0.29, 0.717) is 25.4 Å². The topological polar surface area (TPSA) is 71.1 Å². The average Bonchev–Trinajstić information content (AvgIpc) is 2.49. The molecule has 0 spiro atoms. The van der Waals surface area contributed by atoms with Crippen LogP contribution in [0.1, 0.15) is 19.3 Å². The molecular formula is C15H24O6. The molecule has 6 heteroatoms. The molecule has 0 saturated carbocycles. The lowest BCUT2D eigenvalue weighted by Crippen LogP contribution is -2.25. The van der Waals surface area contributed by atoms with E-state index in [2.05, 4.69) is 17.9 Å². The maximum Gasteiger partial charge on any atom is 0.316 e. The summed E-state index contributed by atoms with van der Waals surface area (Å²) < 4.78 is 19.7. The SMILES string of the molecule is C=CCC(C(=O)CCC(=C)OCOCCOC)C(=O)OC. The second-order valence-electron chi connectivity index (χ2n) is 4.27. The van der Waals surface area contributed by atoms with Gasteiger partial charge in [-0.05, 0) is 6.42 Å².